The van der Waals surface area contributed by atoms with Crippen molar-refractivity contribution in [1.82, 2.24) is 5.32 Å². The van der Waals surface area contributed by atoms with E-state index in [1.165, 1.54) is 0 Å². The molecular weight excluding hydrogens is 330 g/mol. The number of benzene rings is 2. The molecule has 1 saturated heterocycles. The minimum absolute atomic E-state index is 0.132. The minimum atomic E-state index is -0.556. The minimum Gasteiger partial charge on any atom is -0.344 e. The van der Waals surface area contributed by atoms with Crippen LogP contribution in [0.15, 0.2) is 48.5 Å². The molecule has 0 saturated carbocycles. The number of amides is 3. The van der Waals surface area contributed by atoms with Crippen molar-refractivity contribution in [3.63, 3.8) is 0 Å². The van der Waals surface area contributed by atoms with Crippen molar-refractivity contribution in [2.24, 2.45) is 0 Å². The smallest absolute Gasteiger partial charge is 0.257 e. The van der Waals surface area contributed by atoms with Crippen molar-refractivity contribution in [3.05, 3.63) is 59.7 Å². The van der Waals surface area contributed by atoms with E-state index in [4.69, 9.17) is 0 Å². The molecule has 1 aliphatic rings. The molecule has 1 aliphatic heterocycles. The van der Waals surface area contributed by atoms with Gasteiger partial charge in [0.05, 0.1) is 11.3 Å². The summed E-state index contributed by atoms with van der Waals surface area (Å²) < 4.78 is 0. The second kappa shape index (κ2) is 7.82. The first kappa shape index (κ1) is 17.7. The molecule has 2 aromatic rings. The topological polar surface area (TPSA) is 87.3 Å². The standard InChI is InChI=1S/C20H21N3O3/c1-2-13-7-3-5-9-15(13)22-19(25)14-8-4-6-10-16(14)23-20(26)17-11-12-18(24)21-17/h3-10,17H,2,11-12H2,1H3,(H,21,24)(H,22,25)(H,23,26)/t17-/m1/s1. The van der Waals surface area contributed by atoms with E-state index in [1.54, 1.807) is 24.3 Å². The summed E-state index contributed by atoms with van der Waals surface area (Å²) in [5, 5.41) is 8.29. The Morgan fingerprint density at radius 3 is 2.42 bits per heavy atom. The summed E-state index contributed by atoms with van der Waals surface area (Å²) >= 11 is 0. The summed E-state index contributed by atoms with van der Waals surface area (Å²) in [7, 11) is 0. The highest BCUT2D eigenvalue weighted by molar-refractivity contribution is 6.11. The number of carbonyl (C=O) groups excluding carboxylic acids is 3. The van der Waals surface area contributed by atoms with Crippen LogP contribution >= 0.6 is 0 Å². The molecule has 2 aromatic carbocycles. The Bertz CT molecular complexity index is 848. The molecule has 1 atom stereocenters. The van der Waals surface area contributed by atoms with E-state index in [0.717, 1.165) is 17.7 Å². The van der Waals surface area contributed by atoms with Crippen LogP contribution in [0.25, 0.3) is 0 Å². The second-order valence-corrected chi connectivity index (χ2v) is 6.16. The molecule has 3 amide bonds. The highest BCUT2D eigenvalue weighted by Gasteiger charge is 2.27. The maximum absolute atomic E-state index is 12.7. The lowest BCUT2D eigenvalue weighted by Crippen LogP contribution is -2.37. The van der Waals surface area contributed by atoms with Gasteiger partial charge in [-0.1, -0.05) is 37.3 Å². The fourth-order valence-corrected chi connectivity index (χ4v) is 2.96. The van der Waals surface area contributed by atoms with Crippen molar-refractivity contribution in [3.8, 4) is 0 Å². The fraction of sp³-hybridized carbons (Fsp3) is 0.250. The van der Waals surface area contributed by atoms with Gasteiger partial charge in [0.15, 0.2) is 0 Å². The normalized spacial score (nSPS) is 16.0. The number of rotatable bonds is 5. The molecule has 3 N–H and O–H groups in total. The van der Waals surface area contributed by atoms with Crippen LogP contribution in [0, 0.1) is 0 Å². The average Bonchev–Trinajstić information content (AvgIpc) is 3.09. The molecule has 0 aromatic heterocycles. The third-order valence-electron chi connectivity index (χ3n) is 4.39. The van der Waals surface area contributed by atoms with Crippen LogP contribution in [0.5, 0.6) is 0 Å². The molecular formula is C20H21N3O3. The third-order valence-corrected chi connectivity index (χ3v) is 4.39. The Morgan fingerprint density at radius 1 is 1.04 bits per heavy atom. The molecule has 0 unspecified atom stereocenters. The lowest BCUT2D eigenvalue weighted by molar-refractivity contribution is -0.122. The van der Waals surface area contributed by atoms with Crippen LogP contribution in [0.2, 0.25) is 0 Å². The molecule has 26 heavy (non-hydrogen) atoms. The number of para-hydroxylation sites is 2. The Labute approximate surface area is 152 Å². The summed E-state index contributed by atoms with van der Waals surface area (Å²) in [6.45, 7) is 2.02. The van der Waals surface area contributed by atoms with Gasteiger partial charge in [0, 0.05) is 12.1 Å². The molecule has 0 spiro atoms. The van der Waals surface area contributed by atoms with E-state index in [1.807, 2.05) is 31.2 Å². The van der Waals surface area contributed by atoms with Crippen LogP contribution in [0.1, 0.15) is 35.7 Å². The van der Waals surface area contributed by atoms with Gasteiger partial charge in [-0.25, -0.2) is 0 Å². The summed E-state index contributed by atoms with van der Waals surface area (Å²) in [6.07, 6.45) is 1.60. The maximum Gasteiger partial charge on any atom is 0.257 e. The summed E-state index contributed by atoms with van der Waals surface area (Å²) in [5.41, 5.74) is 2.58. The summed E-state index contributed by atoms with van der Waals surface area (Å²) in [4.78, 5) is 36.4. The number of nitrogens with one attached hydrogen (secondary N) is 3. The van der Waals surface area contributed by atoms with Gasteiger partial charge in [-0.3, -0.25) is 14.4 Å². The second-order valence-electron chi connectivity index (χ2n) is 6.16. The van der Waals surface area contributed by atoms with Gasteiger partial charge in [0.25, 0.3) is 5.91 Å². The van der Waals surface area contributed by atoms with Gasteiger partial charge in [-0.15, -0.1) is 0 Å². The number of hydrogen-bond acceptors (Lipinski definition) is 3. The van der Waals surface area contributed by atoms with E-state index >= 15 is 0 Å². The molecule has 0 aliphatic carbocycles. The Morgan fingerprint density at radius 2 is 1.73 bits per heavy atom. The largest absolute Gasteiger partial charge is 0.344 e. The molecule has 134 valence electrons. The molecule has 1 fully saturated rings. The highest BCUT2D eigenvalue weighted by atomic mass is 16.2. The molecule has 3 rings (SSSR count). The van der Waals surface area contributed by atoms with Crippen LogP contribution < -0.4 is 16.0 Å². The van der Waals surface area contributed by atoms with E-state index < -0.39 is 6.04 Å². The van der Waals surface area contributed by atoms with Crippen molar-refractivity contribution in [2.75, 3.05) is 10.6 Å². The van der Waals surface area contributed by atoms with Crippen LogP contribution in [-0.2, 0) is 16.0 Å². The van der Waals surface area contributed by atoms with Gasteiger partial charge in [-0.2, -0.15) is 0 Å². The van der Waals surface area contributed by atoms with Gasteiger partial charge < -0.3 is 16.0 Å². The van der Waals surface area contributed by atoms with E-state index in [9.17, 15) is 14.4 Å². The number of hydrogen-bond donors (Lipinski definition) is 3. The first-order valence-electron chi connectivity index (χ1n) is 8.67. The van der Waals surface area contributed by atoms with Crippen molar-refractivity contribution < 1.29 is 14.4 Å². The number of anilines is 2. The Hall–Kier alpha value is -3.15. The Balaban J connectivity index is 1.77. The third kappa shape index (κ3) is 3.91. The van der Waals surface area contributed by atoms with Crippen molar-refractivity contribution >= 4 is 29.1 Å². The SMILES string of the molecule is CCc1ccccc1NC(=O)c1ccccc1NC(=O)[C@H]1CCC(=O)N1. The first-order valence-corrected chi connectivity index (χ1v) is 8.67. The Kier molecular flexibility index (Phi) is 5.31. The maximum atomic E-state index is 12.7. The van der Waals surface area contributed by atoms with E-state index in [2.05, 4.69) is 16.0 Å². The molecule has 0 radical (unpaired) electrons. The van der Waals surface area contributed by atoms with Crippen LogP contribution in [-0.4, -0.2) is 23.8 Å². The zero-order valence-electron chi connectivity index (χ0n) is 14.5. The summed E-state index contributed by atoms with van der Waals surface area (Å²) in [5.74, 6) is -0.741. The molecule has 0 bridgehead atoms. The summed E-state index contributed by atoms with van der Waals surface area (Å²) in [6, 6.07) is 13.9. The number of carbonyl (C=O) groups is 3. The zero-order chi connectivity index (χ0) is 18.5. The predicted octanol–water partition coefficient (Wildman–Crippen LogP) is 2.72. The van der Waals surface area contributed by atoms with E-state index in [-0.39, 0.29) is 17.7 Å². The van der Waals surface area contributed by atoms with Gasteiger partial charge in [0.2, 0.25) is 11.8 Å². The van der Waals surface area contributed by atoms with E-state index in [0.29, 0.717) is 24.1 Å². The van der Waals surface area contributed by atoms with Crippen LogP contribution in [0.4, 0.5) is 11.4 Å². The first-order chi connectivity index (χ1) is 12.6. The predicted molar refractivity (Wildman–Crippen MR) is 100 cm³/mol. The average molecular weight is 351 g/mol. The quantitative estimate of drug-likeness (QED) is 0.774. The monoisotopic (exact) mass is 351 g/mol. The highest BCUT2D eigenvalue weighted by Crippen LogP contribution is 2.21. The lowest BCUT2D eigenvalue weighted by atomic mass is 10.1. The number of aryl methyl sites for hydroxylation is 1. The van der Waals surface area contributed by atoms with Gasteiger partial charge in [0.1, 0.15) is 6.04 Å². The van der Waals surface area contributed by atoms with Gasteiger partial charge >= 0.3 is 0 Å². The van der Waals surface area contributed by atoms with Crippen molar-refractivity contribution in [1.29, 1.82) is 0 Å². The lowest BCUT2D eigenvalue weighted by Gasteiger charge is -2.15. The van der Waals surface area contributed by atoms with Gasteiger partial charge in [-0.05, 0) is 36.6 Å². The molecule has 1 heterocycles. The molecule has 6 nitrogen and oxygen atoms in total. The van der Waals surface area contributed by atoms with Crippen molar-refractivity contribution in [2.45, 2.75) is 32.2 Å². The molecule has 6 heteroatoms. The van der Waals surface area contributed by atoms with Crippen LogP contribution in [0.3, 0.4) is 0 Å². The fourth-order valence-electron chi connectivity index (χ4n) is 2.96. The zero-order valence-corrected chi connectivity index (χ0v) is 14.5.